The maximum Gasteiger partial charge on any atom is 0.257 e. The zero-order chi connectivity index (χ0) is 19.6. The molecule has 1 saturated heterocycles. The van der Waals surface area contributed by atoms with Gasteiger partial charge in [-0.3, -0.25) is 9.89 Å². The van der Waals surface area contributed by atoms with Crippen LogP contribution in [0.4, 0.5) is 0 Å². The smallest absolute Gasteiger partial charge is 0.257 e. The molecular weight excluding hydrogens is 368 g/mol. The van der Waals surface area contributed by atoms with Crippen molar-refractivity contribution in [3.05, 3.63) is 41.2 Å². The molecule has 3 rings (SSSR count). The number of nitrogens with zero attached hydrogens (tertiary/aromatic N) is 2. The molecule has 0 radical (unpaired) electrons. The summed E-state index contributed by atoms with van der Waals surface area (Å²) in [5, 5.41) is 12.4. The number of aromatic nitrogens is 2. The topological polar surface area (TPSA) is 118 Å². The molecule has 0 aliphatic carbocycles. The lowest BCUT2D eigenvalue weighted by Gasteiger charge is -2.33. The number of amides is 1. The molecule has 1 aliphatic rings. The minimum atomic E-state index is -3.91. The molecule has 0 saturated carbocycles. The Hall–Kier alpha value is -2.39. The van der Waals surface area contributed by atoms with Crippen LogP contribution in [0.5, 0.6) is 5.75 Å². The van der Waals surface area contributed by atoms with Crippen LogP contribution in [0.2, 0.25) is 0 Å². The number of nitrogens with one attached hydrogen (secondary N) is 1. The average Bonchev–Trinajstić information content (AvgIpc) is 3.15. The summed E-state index contributed by atoms with van der Waals surface area (Å²) in [5.74, 6) is 0.234. The average molecular weight is 392 g/mol. The summed E-state index contributed by atoms with van der Waals surface area (Å²) in [6, 6.07) is 4.08. The van der Waals surface area contributed by atoms with Gasteiger partial charge in [0.1, 0.15) is 5.75 Å². The number of carbonyl (C=O) groups excluding carboxylic acids is 1. The maximum atomic E-state index is 13.1. The first-order valence-electron chi connectivity index (χ1n) is 8.87. The molecule has 2 aromatic rings. The van der Waals surface area contributed by atoms with Gasteiger partial charge >= 0.3 is 0 Å². The molecule has 0 unspecified atom stereocenters. The van der Waals surface area contributed by atoms with E-state index in [0.29, 0.717) is 18.8 Å². The number of rotatable bonds is 5. The van der Waals surface area contributed by atoms with Gasteiger partial charge in [0.05, 0.1) is 23.8 Å². The van der Waals surface area contributed by atoms with Crippen molar-refractivity contribution < 1.29 is 17.9 Å². The zero-order valence-electron chi connectivity index (χ0n) is 15.4. The largest absolute Gasteiger partial charge is 0.496 e. The van der Waals surface area contributed by atoms with E-state index >= 15 is 0 Å². The van der Waals surface area contributed by atoms with Gasteiger partial charge in [0.2, 0.25) is 10.0 Å². The Morgan fingerprint density at radius 2 is 2.22 bits per heavy atom. The van der Waals surface area contributed by atoms with Crippen LogP contribution in [-0.2, 0) is 16.4 Å². The van der Waals surface area contributed by atoms with Gasteiger partial charge in [0, 0.05) is 24.7 Å². The second-order valence-corrected chi connectivity index (χ2v) is 8.22. The number of ether oxygens (including phenoxy) is 1. The number of H-pyrrole nitrogens is 1. The quantitative estimate of drug-likeness (QED) is 0.802. The molecule has 1 fully saturated rings. The summed E-state index contributed by atoms with van der Waals surface area (Å²) < 4.78 is 28.6. The molecule has 1 atom stereocenters. The fourth-order valence-electron chi connectivity index (χ4n) is 3.56. The summed E-state index contributed by atoms with van der Waals surface area (Å²) in [6.45, 7) is 3.22. The van der Waals surface area contributed by atoms with Crippen LogP contribution in [0, 0.1) is 0 Å². The van der Waals surface area contributed by atoms with Crippen molar-refractivity contribution in [1.82, 2.24) is 15.1 Å². The highest BCUT2D eigenvalue weighted by molar-refractivity contribution is 7.89. The number of nitrogens with two attached hydrogens (primary N) is 1. The Kier molecular flexibility index (Phi) is 5.52. The highest BCUT2D eigenvalue weighted by Gasteiger charge is 2.29. The number of hydrogen-bond acceptors (Lipinski definition) is 5. The van der Waals surface area contributed by atoms with E-state index < -0.39 is 10.0 Å². The van der Waals surface area contributed by atoms with Gasteiger partial charge in [-0.15, -0.1) is 0 Å². The number of methoxy groups -OCH3 is 1. The van der Waals surface area contributed by atoms with Gasteiger partial charge in [-0.05, 0) is 43.0 Å². The van der Waals surface area contributed by atoms with Crippen molar-refractivity contribution in [3.63, 3.8) is 0 Å². The Balaban J connectivity index is 1.89. The summed E-state index contributed by atoms with van der Waals surface area (Å²) in [4.78, 5) is 14.7. The molecule has 1 aromatic carbocycles. The van der Waals surface area contributed by atoms with Crippen LogP contribution < -0.4 is 9.88 Å². The third-order valence-corrected chi connectivity index (χ3v) is 5.89. The normalized spacial score (nSPS) is 17.7. The minimum absolute atomic E-state index is 0.109. The van der Waals surface area contributed by atoms with Crippen molar-refractivity contribution >= 4 is 15.9 Å². The Bertz CT molecular complexity index is 939. The van der Waals surface area contributed by atoms with Crippen molar-refractivity contribution in [2.24, 2.45) is 5.14 Å². The predicted octanol–water partition coefficient (Wildman–Crippen LogP) is 1.65. The summed E-state index contributed by atoms with van der Waals surface area (Å²) >= 11 is 0. The fraction of sp³-hybridized carbons (Fsp3) is 0.444. The van der Waals surface area contributed by atoms with Gasteiger partial charge in [-0.25, -0.2) is 13.6 Å². The van der Waals surface area contributed by atoms with Crippen LogP contribution in [-0.4, -0.2) is 49.6 Å². The lowest BCUT2D eigenvalue weighted by molar-refractivity contribution is 0.0702. The minimum Gasteiger partial charge on any atom is -0.496 e. The van der Waals surface area contributed by atoms with Crippen LogP contribution in [0.15, 0.2) is 29.3 Å². The van der Waals surface area contributed by atoms with Crippen molar-refractivity contribution in [1.29, 1.82) is 0 Å². The van der Waals surface area contributed by atoms with Crippen molar-refractivity contribution in [3.8, 4) is 5.75 Å². The molecule has 27 heavy (non-hydrogen) atoms. The molecule has 1 aromatic heterocycles. The van der Waals surface area contributed by atoms with E-state index in [2.05, 4.69) is 17.1 Å². The first kappa shape index (κ1) is 19.4. The van der Waals surface area contributed by atoms with E-state index in [0.717, 1.165) is 30.5 Å². The first-order chi connectivity index (χ1) is 12.8. The molecule has 8 nitrogen and oxygen atoms in total. The lowest BCUT2D eigenvalue weighted by atomic mass is 9.91. The maximum absolute atomic E-state index is 13.1. The number of carbonyl (C=O) groups is 1. The molecule has 3 N–H and O–H groups in total. The van der Waals surface area contributed by atoms with E-state index in [4.69, 9.17) is 9.88 Å². The second-order valence-electron chi connectivity index (χ2n) is 6.66. The number of aryl methyl sites for hydroxylation is 1. The number of piperidine rings is 1. The lowest BCUT2D eigenvalue weighted by Crippen LogP contribution is -2.39. The van der Waals surface area contributed by atoms with Crippen LogP contribution in [0.25, 0.3) is 0 Å². The zero-order valence-corrected chi connectivity index (χ0v) is 16.3. The number of likely N-dealkylation sites (tertiary alicyclic amines) is 1. The van der Waals surface area contributed by atoms with Crippen molar-refractivity contribution in [2.75, 3.05) is 20.2 Å². The number of primary sulfonamides is 1. The van der Waals surface area contributed by atoms with Gasteiger partial charge in [0.25, 0.3) is 5.91 Å². The molecule has 1 aliphatic heterocycles. The van der Waals surface area contributed by atoms with Gasteiger partial charge in [-0.1, -0.05) is 6.92 Å². The molecular formula is C18H24N4O4S. The van der Waals surface area contributed by atoms with E-state index in [-0.39, 0.29) is 22.3 Å². The third-order valence-electron chi connectivity index (χ3n) is 4.98. The molecule has 0 bridgehead atoms. The number of hydrogen-bond donors (Lipinski definition) is 2. The molecule has 146 valence electrons. The van der Waals surface area contributed by atoms with Crippen LogP contribution >= 0.6 is 0 Å². The van der Waals surface area contributed by atoms with E-state index in [9.17, 15) is 13.2 Å². The monoisotopic (exact) mass is 392 g/mol. The van der Waals surface area contributed by atoms with E-state index in [1.165, 1.54) is 25.3 Å². The van der Waals surface area contributed by atoms with Crippen LogP contribution in [0.3, 0.4) is 0 Å². The SMILES string of the molecule is CCc1cn[nH]c1[C@@H]1CCCN(C(=O)c2cc(S(N)(=O)=O)ccc2OC)C1. The first-order valence-corrected chi connectivity index (χ1v) is 10.4. The Morgan fingerprint density at radius 3 is 2.89 bits per heavy atom. The van der Waals surface area contributed by atoms with Gasteiger partial charge in [-0.2, -0.15) is 5.10 Å². The number of sulfonamides is 1. The highest BCUT2D eigenvalue weighted by Crippen LogP contribution is 2.30. The van der Waals surface area contributed by atoms with Gasteiger partial charge in [0.15, 0.2) is 0 Å². The van der Waals surface area contributed by atoms with Crippen LogP contribution in [0.1, 0.15) is 47.3 Å². The fourth-order valence-corrected chi connectivity index (χ4v) is 4.09. The highest BCUT2D eigenvalue weighted by atomic mass is 32.2. The number of benzene rings is 1. The Morgan fingerprint density at radius 1 is 1.44 bits per heavy atom. The second kappa shape index (κ2) is 7.69. The molecule has 0 spiro atoms. The number of aromatic amines is 1. The molecule has 1 amide bonds. The predicted molar refractivity (Wildman–Crippen MR) is 100 cm³/mol. The third kappa shape index (κ3) is 3.98. The van der Waals surface area contributed by atoms with E-state index in [1.807, 2.05) is 6.20 Å². The summed E-state index contributed by atoms with van der Waals surface area (Å²) in [6.07, 6.45) is 4.53. The van der Waals surface area contributed by atoms with Gasteiger partial charge < -0.3 is 9.64 Å². The van der Waals surface area contributed by atoms with Crippen molar-refractivity contribution in [2.45, 2.75) is 37.0 Å². The summed E-state index contributed by atoms with van der Waals surface area (Å²) in [5.41, 5.74) is 2.42. The molecule has 9 heteroatoms. The molecule has 2 heterocycles. The summed E-state index contributed by atoms with van der Waals surface area (Å²) in [7, 11) is -2.47. The Labute approximate surface area is 158 Å². The standard InChI is InChI=1S/C18H24N4O4S/c1-3-12-10-20-21-17(12)13-5-4-8-22(11-13)18(23)15-9-14(27(19,24)25)6-7-16(15)26-2/h6-7,9-10,13H,3-5,8,11H2,1-2H3,(H,20,21)(H2,19,24,25)/t13-/m1/s1. The van der Waals surface area contributed by atoms with E-state index in [1.54, 1.807) is 4.90 Å².